The van der Waals surface area contributed by atoms with E-state index < -0.39 is 5.82 Å². The van der Waals surface area contributed by atoms with Crippen LogP contribution < -0.4 is 5.73 Å². The maximum absolute atomic E-state index is 13.7. The van der Waals surface area contributed by atoms with Gasteiger partial charge in [0.05, 0.1) is 0 Å². The lowest BCUT2D eigenvalue weighted by atomic mass is 9.98. The van der Waals surface area contributed by atoms with Crippen molar-refractivity contribution in [2.24, 2.45) is 0 Å². The largest absolute Gasteiger partial charge is 0.508 e. The summed E-state index contributed by atoms with van der Waals surface area (Å²) in [6.07, 6.45) is 0. The van der Waals surface area contributed by atoms with E-state index >= 15 is 0 Å². The van der Waals surface area contributed by atoms with Crippen molar-refractivity contribution in [3.05, 3.63) is 72.6 Å². The minimum atomic E-state index is -0.426. The predicted octanol–water partition coefficient (Wildman–Crippen LogP) is 4.76. The second-order valence-electron chi connectivity index (χ2n) is 4.96. The standard InChI is InChI=1S/C18H14FNO/c1-11(21)13-7-14(9-16(19)8-13)15-6-12-4-2-3-5-17(12)18(20)10-15/h2-10,21H,1,20H2. The monoisotopic (exact) mass is 279 g/mol. The van der Waals surface area contributed by atoms with E-state index in [1.54, 1.807) is 12.1 Å². The number of hydrogen-bond donors (Lipinski definition) is 2. The van der Waals surface area contributed by atoms with E-state index in [1.807, 2.05) is 30.3 Å². The first-order valence-electron chi connectivity index (χ1n) is 6.52. The maximum Gasteiger partial charge on any atom is 0.124 e. The predicted molar refractivity (Wildman–Crippen MR) is 85.4 cm³/mol. The molecule has 0 saturated heterocycles. The fourth-order valence-corrected chi connectivity index (χ4v) is 2.43. The van der Waals surface area contributed by atoms with E-state index in [1.165, 1.54) is 12.1 Å². The van der Waals surface area contributed by atoms with Gasteiger partial charge in [0.25, 0.3) is 0 Å². The topological polar surface area (TPSA) is 46.2 Å². The molecule has 0 heterocycles. The molecule has 3 aromatic rings. The summed E-state index contributed by atoms with van der Waals surface area (Å²) in [6, 6.07) is 15.9. The van der Waals surface area contributed by atoms with Crippen molar-refractivity contribution in [3.8, 4) is 11.1 Å². The normalized spacial score (nSPS) is 10.7. The number of hydrogen-bond acceptors (Lipinski definition) is 2. The zero-order valence-electron chi connectivity index (χ0n) is 11.3. The molecule has 104 valence electrons. The number of benzene rings is 3. The van der Waals surface area contributed by atoms with Gasteiger partial charge < -0.3 is 10.8 Å². The number of fused-ring (bicyclic) bond motifs is 1. The van der Waals surface area contributed by atoms with Crippen LogP contribution in [-0.4, -0.2) is 5.11 Å². The van der Waals surface area contributed by atoms with Gasteiger partial charge >= 0.3 is 0 Å². The van der Waals surface area contributed by atoms with Gasteiger partial charge in [-0.1, -0.05) is 30.8 Å². The van der Waals surface area contributed by atoms with E-state index in [9.17, 15) is 9.50 Å². The number of nitrogen functional groups attached to an aromatic ring is 1. The third-order valence-electron chi connectivity index (χ3n) is 3.46. The number of halogens is 1. The van der Waals surface area contributed by atoms with Gasteiger partial charge in [-0.2, -0.15) is 0 Å². The van der Waals surface area contributed by atoms with Crippen LogP contribution in [-0.2, 0) is 0 Å². The zero-order valence-corrected chi connectivity index (χ0v) is 11.3. The van der Waals surface area contributed by atoms with Gasteiger partial charge in [0.1, 0.15) is 11.6 Å². The highest BCUT2D eigenvalue weighted by Crippen LogP contribution is 2.31. The van der Waals surface area contributed by atoms with Crippen molar-refractivity contribution in [1.29, 1.82) is 0 Å². The summed E-state index contributed by atoms with van der Waals surface area (Å²) in [5, 5.41) is 11.4. The lowest BCUT2D eigenvalue weighted by Gasteiger charge is -2.09. The summed E-state index contributed by atoms with van der Waals surface area (Å²) in [5.41, 5.74) is 8.51. The third kappa shape index (κ3) is 2.46. The summed E-state index contributed by atoms with van der Waals surface area (Å²) >= 11 is 0. The highest BCUT2D eigenvalue weighted by molar-refractivity contribution is 5.96. The third-order valence-corrected chi connectivity index (χ3v) is 3.46. The summed E-state index contributed by atoms with van der Waals surface area (Å²) in [5.74, 6) is -0.589. The fraction of sp³-hybridized carbons (Fsp3) is 0. The molecule has 0 amide bonds. The molecule has 3 N–H and O–H groups in total. The molecular formula is C18H14FNO. The highest BCUT2D eigenvalue weighted by atomic mass is 19.1. The second-order valence-corrected chi connectivity index (χ2v) is 4.96. The molecule has 0 unspecified atom stereocenters. The molecule has 0 saturated carbocycles. The second kappa shape index (κ2) is 4.94. The van der Waals surface area contributed by atoms with Crippen molar-refractivity contribution >= 4 is 22.2 Å². The lowest BCUT2D eigenvalue weighted by molar-refractivity contribution is 0.512. The molecule has 3 rings (SSSR count). The molecule has 3 heteroatoms. The molecule has 0 fully saturated rings. The maximum atomic E-state index is 13.7. The van der Waals surface area contributed by atoms with E-state index in [0.29, 0.717) is 16.8 Å². The molecule has 0 aliphatic rings. The van der Waals surface area contributed by atoms with Gasteiger partial charge in [0.15, 0.2) is 0 Å². The first-order valence-corrected chi connectivity index (χ1v) is 6.52. The van der Waals surface area contributed by atoms with Gasteiger partial charge in [-0.3, -0.25) is 0 Å². The molecule has 0 aliphatic heterocycles. The van der Waals surface area contributed by atoms with Crippen molar-refractivity contribution in [2.75, 3.05) is 5.73 Å². The van der Waals surface area contributed by atoms with E-state index in [-0.39, 0.29) is 5.76 Å². The smallest absolute Gasteiger partial charge is 0.124 e. The van der Waals surface area contributed by atoms with Crippen LogP contribution in [0.15, 0.2) is 61.2 Å². The minimum absolute atomic E-state index is 0.162. The van der Waals surface area contributed by atoms with Crippen LogP contribution in [0.3, 0.4) is 0 Å². The lowest BCUT2D eigenvalue weighted by Crippen LogP contribution is -1.91. The van der Waals surface area contributed by atoms with Crippen LogP contribution in [0.5, 0.6) is 0 Å². The summed E-state index contributed by atoms with van der Waals surface area (Å²) in [4.78, 5) is 0. The molecule has 0 bridgehead atoms. The Kier molecular flexibility index (Phi) is 3.10. The first-order chi connectivity index (χ1) is 10.0. The zero-order chi connectivity index (χ0) is 15.0. The number of anilines is 1. The van der Waals surface area contributed by atoms with Crippen molar-refractivity contribution in [3.63, 3.8) is 0 Å². The van der Waals surface area contributed by atoms with E-state index in [0.717, 1.165) is 16.3 Å². The SMILES string of the molecule is C=C(O)c1cc(F)cc(-c2cc(N)c3ccccc3c2)c1. The van der Waals surface area contributed by atoms with Crippen molar-refractivity contribution in [1.82, 2.24) is 0 Å². The molecule has 3 aromatic carbocycles. The van der Waals surface area contributed by atoms with Crippen molar-refractivity contribution in [2.45, 2.75) is 0 Å². The molecule has 0 spiro atoms. The number of aliphatic hydroxyl groups is 1. The van der Waals surface area contributed by atoms with E-state index in [2.05, 4.69) is 6.58 Å². The number of rotatable bonds is 2. The Morgan fingerprint density at radius 1 is 1.00 bits per heavy atom. The molecule has 0 radical (unpaired) electrons. The Bertz CT molecular complexity index is 855. The summed E-state index contributed by atoms with van der Waals surface area (Å²) in [7, 11) is 0. The average molecular weight is 279 g/mol. The van der Waals surface area contributed by atoms with Gasteiger partial charge in [-0.25, -0.2) is 4.39 Å². The van der Waals surface area contributed by atoms with Crippen LogP contribution in [0.2, 0.25) is 0 Å². The van der Waals surface area contributed by atoms with Crippen LogP contribution in [0.25, 0.3) is 27.7 Å². The molecule has 2 nitrogen and oxygen atoms in total. The Hall–Kier alpha value is -2.81. The van der Waals surface area contributed by atoms with E-state index in [4.69, 9.17) is 5.73 Å². The molecular weight excluding hydrogens is 265 g/mol. The average Bonchev–Trinajstić information content (AvgIpc) is 2.46. The molecule has 21 heavy (non-hydrogen) atoms. The first kappa shape index (κ1) is 13.2. The Balaban J connectivity index is 2.23. The van der Waals surface area contributed by atoms with Crippen molar-refractivity contribution < 1.29 is 9.50 Å². The fourth-order valence-electron chi connectivity index (χ4n) is 2.43. The van der Waals surface area contributed by atoms with Crippen LogP contribution in [0.4, 0.5) is 10.1 Å². The number of aliphatic hydroxyl groups excluding tert-OH is 1. The van der Waals surface area contributed by atoms with Gasteiger partial charge in [0, 0.05) is 16.6 Å². The van der Waals surface area contributed by atoms with Gasteiger partial charge in [-0.15, -0.1) is 0 Å². The summed E-state index contributed by atoms with van der Waals surface area (Å²) in [6.45, 7) is 3.43. The van der Waals surface area contributed by atoms with Crippen LogP contribution in [0.1, 0.15) is 5.56 Å². The van der Waals surface area contributed by atoms with Gasteiger partial charge in [0.2, 0.25) is 0 Å². The molecule has 0 aromatic heterocycles. The highest BCUT2D eigenvalue weighted by Gasteiger charge is 2.08. The Morgan fingerprint density at radius 3 is 2.48 bits per heavy atom. The Morgan fingerprint density at radius 2 is 1.71 bits per heavy atom. The molecule has 0 aliphatic carbocycles. The summed E-state index contributed by atoms with van der Waals surface area (Å²) < 4.78 is 13.7. The minimum Gasteiger partial charge on any atom is -0.508 e. The van der Waals surface area contributed by atoms with Gasteiger partial charge in [-0.05, 0) is 46.8 Å². The van der Waals surface area contributed by atoms with Crippen LogP contribution in [0, 0.1) is 5.82 Å². The number of nitrogens with two attached hydrogens (primary N) is 1. The Labute approximate surface area is 122 Å². The molecule has 0 atom stereocenters. The van der Waals surface area contributed by atoms with Crippen LogP contribution >= 0.6 is 0 Å². The quantitative estimate of drug-likeness (QED) is 0.525.